The molecule has 2 aliphatic heterocycles. The predicted molar refractivity (Wildman–Crippen MR) is 90.8 cm³/mol. The van der Waals surface area contributed by atoms with Gasteiger partial charge in [-0.3, -0.25) is 9.48 Å². The Morgan fingerprint density at radius 3 is 2.92 bits per heavy atom. The van der Waals surface area contributed by atoms with Crippen molar-refractivity contribution in [2.45, 2.75) is 64.2 Å². The van der Waals surface area contributed by atoms with Crippen LogP contribution in [0.1, 0.15) is 43.5 Å². The van der Waals surface area contributed by atoms with Gasteiger partial charge in [-0.15, -0.1) is 0 Å². The largest absolute Gasteiger partial charge is 0.377 e. The number of aryl methyl sites for hydroxylation is 3. The molecule has 2 atom stereocenters. The fraction of sp³-hybridized carbons (Fsp3) is 0.778. The Hall–Kier alpha value is -1.40. The normalized spacial score (nSPS) is 27.1. The monoisotopic (exact) mass is 335 g/mol. The van der Waals surface area contributed by atoms with Crippen LogP contribution in [-0.2, 0) is 20.8 Å². The molecule has 0 bridgehead atoms. The first-order valence-electron chi connectivity index (χ1n) is 9.00. The summed E-state index contributed by atoms with van der Waals surface area (Å²) in [6, 6.07) is 2.07. The van der Waals surface area contributed by atoms with Crippen molar-refractivity contribution in [1.29, 1.82) is 0 Å². The lowest BCUT2D eigenvalue weighted by Gasteiger charge is -2.44. The summed E-state index contributed by atoms with van der Waals surface area (Å²) in [7, 11) is 1.73. The SMILES string of the molecule is CO[C@H]1CN(C(=O)CCCn2nc(C)cc2C)CC[C@@]12CCCO2. The molecule has 0 unspecified atom stereocenters. The van der Waals surface area contributed by atoms with E-state index >= 15 is 0 Å². The molecule has 0 aromatic carbocycles. The van der Waals surface area contributed by atoms with Crippen LogP contribution in [0.3, 0.4) is 0 Å². The van der Waals surface area contributed by atoms with Gasteiger partial charge in [0.1, 0.15) is 6.10 Å². The Morgan fingerprint density at radius 1 is 1.46 bits per heavy atom. The van der Waals surface area contributed by atoms with E-state index in [1.54, 1.807) is 7.11 Å². The number of methoxy groups -OCH3 is 1. The molecule has 0 N–H and O–H groups in total. The van der Waals surface area contributed by atoms with Crippen molar-refractivity contribution >= 4 is 5.91 Å². The molecule has 2 fully saturated rings. The number of rotatable bonds is 5. The first-order chi connectivity index (χ1) is 11.5. The zero-order valence-electron chi connectivity index (χ0n) is 15.1. The van der Waals surface area contributed by atoms with Gasteiger partial charge in [-0.25, -0.2) is 0 Å². The van der Waals surface area contributed by atoms with Crippen LogP contribution in [0, 0.1) is 13.8 Å². The van der Waals surface area contributed by atoms with Gasteiger partial charge in [-0.05, 0) is 45.6 Å². The summed E-state index contributed by atoms with van der Waals surface area (Å²) in [5, 5.41) is 4.45. The lowest BCUT2D eigenvalue weighted by Crippen LogP contribution is -2.57. The third kappa shape index (κ3) is 3.49. The van der Waals surface area contributed by atoms with Gasteiger partial charge in [-0.1, -0.05) is 0 Å². The molecule has 1 amide bonds. The number of amides is 1. The Kier molecular flexibility index (Phi) is 5.25. The second-order valence-electron chi connectivity index (χ2n) is 7.08. The molecule has 134 valence electrons. The van der Waals surface area contributed by atoms with E-state index in [-0.39, 0.29) is 17.6 Å². The van der Waals surface area contributed by atoms with Crippen LogP contribution in [0.4, 0.5) is 0 Å². The number of hydrogen-bond donors (Lipinski definition) is 0. The lowest BCUT2D eigenvalue weighted by atomic mass is 9.85. The number of carbonyl (C=O) groups is 1. The minimum atomic E-state index is -0.158. The molecule has 0 radical (unpaired) electrons. The van der Waals surface area contributed by atoms with E-state index in [4.69, 9.17) is 9.47 Å². The Bertz CT molecular complexity index is 578. The van der Waals surface area contributed by atoms with Gasteiger partial charge < -0.3 is 14.4 Å². The molecule has 6 heteroatoms. The minimum Gasteiger partial charge on any atom is -0.377 e. The molecule has 2 saturated heterocycles. The van der Waals surface area contributed by atoms with Crippen LogP contribution in [0.15, 0.2) is 6.07 Å². The van der Waals surface area contributed by atoms with Crippen molar-refractivity contribution in [1.82, 2.24) is 14.7 Å². The van der Waals surface area contributed by atoms with E-state index in [9.17, 15) is 4.79 Å². The molecule has 3 heterocycles. The maximum absolute atomic E-state index is 12.5. The fourth-order valence-electron chi connectivity index (χ4n) is 4.07. The molecule has 1 spiro atoms. The van der Waals surface area contributed by atoms with Gasteiger partial charge in [0.25, 0.3) is 0 Å². The molecular formula is C18H29N3O3. The molecule has 6 nitrogen and oxygen atoms in total. The number of carbonyl (C=O) groups excluding carboxylic acids is 1. The molecule has 0 saturated carbocycles. The van der Waals surface area contributed by atoms with Crippen molar-refractivity contribution in [3.05, 3.63) is 17.5 Å². The van der Waals surface area contributed by atoms with E-state index < -0.39 is 0 Å². The van der Waals surface area contributed by atoms with Crippen LogP contribution < -0.4 is 0 Å². The smallest absolute Gasteiger partial charge is 0.222 e. The van der Waals surface area contributed by atoms with Gasteiger partial charge in [0, 0.05) is 45.5 Å². The molecular weight excluding hydrogens is 306 g/mol. The number of ether oxygens (including phenoxy) is 2. The van der Waals surface area contributed by atoms with E-state index in [0.717, 1.165) is 56.8 Å². The Morgan fingerprint density at radius 2 is 2.29 bits per heavy atom. The van der Waals surface area contributed by atoms with Crippen molar-refractivity contribution in [2.75, 3.05) is 26.8 Å². The van der Waals surface area contributed by atoms with E-state index in [0.29, 0.717) is 13.0 Å². The molecule has 2 aliphatic rings. The number of nitrogens with zero attached hydrogens (tertiary/aromatic N) is 3. The van der Waals surface area contributed by atoms with Crippen molar-refractivity contribution in [2.24, 2.45) is 0 Å². The van der Waals surface area contributed by atoms with Gasteiger partial charge in [0.05, 0.1) is 11.3 Å². The van der Waals surface area contributed by atoms with Crippen LogP contribution in [0.25, 0.3) is 0 Å². The van der Waals surface area contributed by atoms with Crippen molar-refractivity contribution in [3.8, 4) is 0 Å². The maximum atomic E-state index is 12.5. The summed E-state index contributed by atoms with van der Waals surface area (Å²) in [4.78, 5) is 14.5. The number of hydrogen-bond acceptors (Lipinski definition) is 4. The number of piperidine rings is 1. The van der Waals surface area contributed by atoms with E-state index in [2.05, 4.69) is 18.1 Å². The first kappa shape index (κ1) is 17.4. The zero-order valence-corrected chi connectivity index (χ0v) is 15.1. The predicted octanol–water partition coefficient (Wildman–Crippen LogP) is 2.08. The van der Waals surface area contributed by atoms with Gasteiger partial charge in [0.15, 0.2) is 0 Å². The molecule has 0 aliphatic carbocycles. The highest BCUT2D eigenvalue weighted by Crippen LogP contribution is 2.37. The summed E-state index contributed by atoms with van der Waals surface area (Å²) in [6.07, 6.45) is 4.39. The third-order valence-electron chi connectivity index (χ3n) is 5.41. The maximum Gasteiger partial charge on any atom is 0.222 e. The minimum absolute atomic E-state index is 0.00582. The zero-order chi connectivity index (χ0) is 17.2. The number of aromatic nitrogens is 2. The summed E-state index contributed by atoms with van der Waals surface area (Å²) < 4.78 is 13.6. The topological polar surface area (TPSA) is 56.6 Å². The summed E-state index contributed by atoms with van der Waals surface area (Å²) in [5.74, 6) is 0.214. The average Bonchev–Trinajstić information content (AvgIpc) is 3.15. The van der Waals surface area contributed by atoms with Gasteiger partial charge >= 0.3 is 0 Å². The lowest BCUT2D eigenvalue weighted by molar-refractivity contribution is -0.158. The van der Waals surface area contributed by atoms with Crippen LogP contribution in [-0.4, -0.2) is 59.1 Å². The third-order valence-corrected chi connectivity index (χ3v) is 5.41. The average molecular weight is 335 g/mol. The van der Waals surface area contributed by atoms with E-state index in [1.165, 1.54) is 0 Å². The summed E-state index contributed by atoms with van der Waals surface area (Å²) in [6.45, 7) is 7.08. The quantitative estimate of drug-likeness (QED) is 0.827. The van der Waals surface area contributed by atoms with Gasteiger partial charge in [0.2, 0.25) is 5.91 Å². The molecule has 3 rings (SSSR count). The highest BCUT2D eigenvalue weighted by atomic mass is 16.5. The molecule has 1 aromatic heterocycles. The van der Waals surface area contributed by atoms with Crippen molar-refractivity contribution in [3.63, 3.8) is 0 Å². The van der Waals surface area contributed by atoms with Crippen molar-refractivity contribution < 1.29 is 14.3 Å². The molecule has 1 aromatic rings. The first-order valence-corrected chi connectivity index (χ1v) is 9.00. The van der Waals surface area contributed by atoms with Gasteiger partial charge in [-0.2, -0.15) is 5.10 Å². The van der Waals surface area contributed by atoms with Crippen LogP contribution in [0.2, 0.25) is 0 Å². The standard InChI is InChI=1S/C18H29N3O3/c1-14-12-15(2)21(19-14)9-4-6-17(22)20-10-8-18(7-5-11-24-18)16(13-20)23-3/h12,16H,4-11,13H2,1-3H3/t16-,18-/m0/s1. The number of likely N-dealkylation sites (tertiary alicyclic amines) is 1. The Labute approximate surface area is 144 Å². The van der Waals surface area contributed by atoms with Crippen LogP contribution in [0.5, 0.6) is 0 Å². The second kappa shape index (κ2) is 7.23. The summed E-state index contributed by atoms with van der Waals surface area (Å²) >= 11 is 0. The van der Waals surface area contributed by atoms with E-state index in [1.807, 2.05) is 16.5 Å². The Balaban J connectivity index is 1.50. The van der Waals surface area contributed by atoms with Crippen LogP contribution >= 0.6 is 0 Å². The summed E-state index contributed by atoms with van der Waals surface area (Å²) in [5.41, 5.74) is 2.02. The molecule has 24 heavy (non-hydrogen) atoms. The second-order valence-corrected chi connectivity index (χ2v) is 7.08. The highest BCUT2D eigenvalue weighted by Gasteiger charge is 2.47. The highest BCUT2D eigenvalue weighted by molar-refractivity contribution is 5.76. The fourth-order valence-corrected chi connectivity index (χ4v) is 4.07.